The Bertz CT molecular complexity index is 897. The summed E-state index contributed by atoms with van der Waals surface area (Å²) in [6.45, 7) is 6.17. The first-order valence-electron chi connectivity index (χ1n) is 7.38. The van der Waals surface area contributed by atoms with Gasteiger partial charge in [0.15, 0.2) is 0 Å². The molecule has 0 bridgehead atoms. The van der Waals surface area contributed by atoms with Crippen molar-refractivity contribution >= 4 is 27.5 Å². The van der Waals surface area contributed by atoms with E-state index in [0.717, 1.165) is 0 Å². The van der Waals surface area contributed by atoms with Gasteiger partial charge in [-0.25, -0.2) is 0 Å². The van der Waals surface area contributed by atoms with Gasteiger partial charge >= 0.3 is 0 Å². The topological polar surface area (TPSA) is 0 Å². The standard InChI is InChI=1S/C21H18S/c1-4-5-6-7-20-16(3)19-14-18(12-13-21(19)22-20)17-10-8-15(2)9-11-17/h6-14H,1-3H3/b7-6-. The molecule has 0 spiro atoms. The molecule has 0 atom stereocenters. The molecule has 22 heavy (non-hydrogen) atoms. The number of hydrogen-bond acceptors (Lipinski definition) is 1. The Labute approximate surface area is 136 Å². The summed E-state index contributed by atoms with van der Waals surface area (Å²) >= 11 is 1.83. The molecule has 0 aliphatic heterocycles. The molecule has 0 aliphatic carbocycles. The molecule has 0 N–H and O–H groups in total. The Kier molecular flexibility index (Phi) is 4.13. The minimum absolute atomic E-state index is 1.27. The highest BCUT2D eigenvalue weighted by molar-refractivity contribution is 7.20. The zero-order chi connectivity index (χ0) is 15.5. The average molecular weight is 302 g/mol. The van der Waals surface area contributed by atoms with E-state index in [2.05, 4.69) is 74.2 Å². The number of aryl methyl sites for hydroxylation is 2. The van der Waals surface area contributed by atoms with Crippen molar-refractivity contribution in [2.45, 2.75) is 20.8 Å². The van der Waals surface area contributed by atoms with E-state index in [0.29, 0.717) is 0 Å². The van der Waals surface area contributed by atoms with E-state index in [1.807, 2.05) is 24.3 Å². The van der Waals surface area contributed by atoms with Crippen LogP contribution in [0.15, 0.2) is 48.5 Å². The largest absolute Gasteiger partial charge is 0.136 e. The molecule has 108 valence electrons. The van der Waals surface area contributed by atoms with Gasteiger partial charge in [0.05, 0.1) is 0 Å². The maximum Gasteiger partial charge on any atom is 0.0352 e. The number of rotatable bonds is 2. The summed E-state index contributed by atoms with van der Waals surface area (Å²) in [5.41, 5.74) is 5.17. The summed E-state index contributed by atoms with van der Waals surface area (Å²) in [5.74, 6) is 5.88. The second-order valence-electron chi connectivity index (χ2n) is 5.40. The molecule has 0 nitrogen and oxygen atoms in total. The van der Waals surface area contributed by atoms with Gasteiger partial charge in [-0.1, -0.05) is 41.8 Å². The van der Waals surface area contributed by atoms with Crippen LogP contribution in [-0.2, 0) is 0 Å². The highest BCUT2D eigenvalue weighted by Crippen LogP contribution is 2.34. The minimum atomic E-state index is 1.27. The minimum Gasteiger partial charge on any atom is -0.136 e. The Balaban J connectivity index is 2.07. The predicted octanol–water partition coefficient (Wildman–Crippen LogP) is 6.22. The van der Waals surface area contributed by atoms with Gasteiger partial charge in [0.1, 0.15) is 0 Å². The molecule has 1 heterocycles. The zero-order valence-electron chi connectivity index (χ0n) is 13.1. The van der Waals surface area contributed by atoms with E-state index < -0.39 is 0 Å². The van der Waals surface area contributed by atoms with Crippen molar-refractivity contribution < 1.29 is 0 Å². The fraction of sp³-hybridized carbons (Fsp3) is 0.143. The first-order valence-corrected chi connectivity index (χ1v) is 8.19. The molecule has 1 heteroatoms. The van der Waals surface area contributed by atoms with E-state index >= 15 is 0 Å². The third-order valence-electron chi connectivity index (χ3n) is 3.82. The fourth-order valence-corrected chi connectivity index (χ4v) is 3.62. The summed E-state index contributed by atoms with van der Waals surface area (Å²) in [7, 11) is 0. The molecular formula is C21H18S. The van der Waals surface area contributed by atoms with Crippen molar-refractivity contribution in [2.24, 2.45) is 0 Å². The second-order valence-corrected chi connectivity index (χ2v) is 6.48. The van der Waals surface area contributed by atoms with Crippen LogP contribution in [0.1, 0.15) is 22.9 Å². The highest BCUT2D eigenvalue weighted by Gasteiger charge is 2.07. The molecule has 2 aromatic carbocycles. The van der Waals surface area contributed by atoms with Crippen molar-refractivity contribution in [2.75, 3.05) is 0 Å². The first-order chi connectivity index (χ1) is 10.7. The van der Waals surface area contributed by atoms with Gasteiger partial charge in [-0.3, -0.25) is 0 Å². The maximum atomic E-state index is 2.99. The molecule has 0 unspecified atom stereocenters. The lowest BCUT2D eigenvalue weighted by Crippen LogP contribution is -1.79. The van der Waals surface area contributed by atoms with Crippen LogP contribution in [0.3, 0.4) is 0 Å². The lowest BCUT2D eigenvalue weighted by atomic mass is 10.0. The number of hydrogen-bond donors (Lipinski definition) is 0. The molecule has 0 saturated carbocycles. The summed E-state index contributed by atoms with van der Waals surface area (Å²) in [4.78, 5) is 1.29. The van der Waals surface area contributed by atoms with Crippen LogP contribution in [0.4, 0.5) is 0 Å². The van der Waals surface area contributed by atoms with E-state index in [4.69, 9.17) is 0 Å². The van der Waals surface area contributed by atoms with Gasteiger partial charge in [-0.2, -0.15) is 0 Å². The smallest absolute Gasteiger partial charge is 0.0352 e. The van der Waals surface area contributed by atoms with E-state index in [9.17, 15) is 0 Å². The van der Waals surface area contributed by atoms with Gasteiger partial charge in [-0.15, -0.1) is 17.3 Å². The van der Waals surface area contributed by atoms with Gasteiger partial charge in [0, 0.05) is 9.58 Å². The Morgan fingerprint density at radius 1 is 0.955 bits per heavy atom. The van der Waals surface area contributed by atoms with Crippen LogP contribution in [0.2, 0.25) is 0 Å². The van der Waals surface area contributed by atoms with Gasteiger partial charge in [-0.05, 0) is 67.1 Å². The number of fused-ring (bicyclic) bond motifs is 1. The van der Waals surface area contributed by atoms with Crippen molar-refractivity contribution in [3.05, 3.63) is 64.5 Å². The SMILES string of the molecule is CC#C/C=C\c1sc2ccc(-c3ccc(C)cc3)cc2c1C. The molecule has 0 fully saturated rings. The monoisotopic (exact) mass is 302 g/mol. The lowest BCUT2D eigenvalue weighted by molar-refractivity contribution is 1.47. The fourth-order valence-electron chi connectivity index (χ4n) is 2.53. The second kappa shape index (κ2) is 6.22. The summed E-state index contributed by atoms with van der Waals surface area (Å²) in [5, 5.41) is 1.34. The van der Waals surface area contributed by atoms with Crippen molar-refractivity contribution in [3.63, 3.8) is 0 Å². The molecule has 3 aromatic rings. The number of allylic oxidation sites excluding steroid dienone is 1. The average Bonchev–Trinajstić information content (AvgIpc) is 2.84. The lowest BCUT2D eigenvalue weighted by Gasteiger charge is -2.03. The molecule has 0 radical (unpaired) electrons. The summed E-state index contributed by atoms with van der Waals surface area (Å²) in [6.07, 6.45) is 4.04. The third kappa shape index (κ3) is 2.84. The van der Waals surface area contributed by atoms with Gasteiger partial charge < -0.3 is 0 Å². The molecule has 0 amide bonds. The summed E-state index contributed by atoms with van der Waals surface area (Å²) in [6, 6.07) is 15.4. The van der Waals surface area contributed by atoms with Crippen LogP contribution in [-0.4, -0.2) is 0 Å². The van der Waals surface area contributed by atoms with Crippen LogP contribution in [0.5, 0.6) is 0 Å². The van der Waals surface area contributed by atoms with Gasteiger partial charge in [0.2, 0.25) is 0 Å². The zero-order valence-corrected chi connectivity index (χ0v) is 13.9. The van der Waals surface area contributed by atoms with Crippen LogP contribution in [0.25, 0.3) is 27.3 Å². The van der Waals surface area contributed by atoms with Crippen molar-refractivity contribution in [1.29, 1.82) is 0 Å². The van der Waals surface area contributed by atoms with E-state index in [-0.39, 0.29) is 0 Å². The molecule has 0 saturated heterocycles. The maximum absolute atomic E-state index is 2.99. The quantitative estimate of drug-likeness (QED) is 0.493. The first kappa shape index (κ1) is 14.6. The number of thiophene rings is 1. The molecule has 0 aliphatic rings. The Hall–Kier alpha value is -2.30. The Morgan fingerprint density at radius 3 is 2.41 bits per heavy atom. The normalized spacial score (nSPS) is 10.9. The number of benzene rings is 2. The molecular weight excluding hydrogens is 284 g/mol. The third-order valence-corrected chi connectivity index (χ3v) is 5.06. The predicted molar refractivity (Wildman–Crippen MR) is 99.2 cm³/mol. The van der Waals surface area contributed by atoms with Crippen LogP contribution >= 0.6 is 11.3 Å². The summed E-state index contributed by atoms with van der Waals surface area (Å²) < 4.78 is 1.33. The van der Waals surface area contributed by atoms with E-state index in [1.165, 1.54) is 37.2 Å². The molecule has 3 rings (SSSR count). The van der Waals surface area contributed by atoms with Crippen LogP contribution in [0, 0.1) is 25.7 Å². The van der Waals surface area contributed by atoms with Crippen LogP contribution < -0.4 is 0 Å². The van der Waals surface area contributed by atoms with Crippen molar-refractivity contribution in [1.82, 2.24) is 0 Å². The Morgan fingerprint density at radius 2 is 1.68 bits per heavy atom. The van der Waals surface area contributed by atoms with E-state index in [1.54, 1.807) is 0 Å². The highest BCUT2D eigenvalue weighted by atomic mass is 32.1. The molecule has 1 aromatic heterocycles. The van der Waals surface area contributed by atoms with Gasteiger partial charge in [0.25, 0.3) is 0 Å². The van der Waals surface area contributed by atoms with Crippen molar-refractivity contribution in [3.8, 4) is 23.0 Å².